The summed E-state index contributed by atoms with van der Waals surface area (Å²) in [4.78, 5) is 3.25. The van der Waals surface area contributed by atoms with Crippen molar-refractivity contribution in [2.45, 2.75) is 6.42 Å². The van der Waals surface area contributed by atoms with Gasteiger partial charge in [0.2, 0.25) is 17.5 Å². The monoisotopic (exact) mass is 365 g/mol. The summed E-state index contributed by atoms with van der Waals surface area (Å²) in [5.41, 5.74) is 2.88. The van der Waals surface area contributed by atoms with Crippen LogP contribution >= 0.6 is 0 Å². The molecule has 0 bridgehead atoms. The van der Waals surface area contributed by atoms with Gasteiger partial charge in [-0.2, -0.15) is 0 Å². The summed E-state index contributed by atoms with van der Waals surface area (Å²) in [7, 11) is 4.70. The van der Waals surface area contributed by atoms with Crippen LogP contribution < -0.4 is 14.2 Å². The van der Waals surface area contributed by atoms with Crippen molar-refractivity contribution in [1.82, 2.24) is 15.2 Å². The Morgan fingerprint density at radius 3 is 2.41 bits per heavy atom. The summed E-state index contributed by atoms with van der Waals surface area (Å²) in [6, 6.07) is 11.7. The normalized spacial score (nSPS) is 10.9. The number of fused-ring (bicyclic) bond motifs is 1. The molecule has 0 saturated heterocycles. The molecule has 0 aliphatic heterocycles. The van der Waals surface area contributed by atoms with Crippen molar-refractivity contribution >= 4 is 10.9 Å². The van der Waals surface area contributed by atoms with Gasteiger partial charge in [0, 0.05) is 22.7 Å². The highest BCUT2D eigenvalue weighted by Crippen LogP contribution is 2.40. The predicted octanol–water partition coefficient (Wildman–Crippen LogP) is 3.83. The summed E-state index contributed by atoms with van der Waals surface area (Å²) in [6.45, 7) is 0. The molecule has 0 aliphatic rings. The smallest absolute Gasteiger partial charge is 0.248 e. The molecule has 4 rings (SSSR count). The van der Waals surface area contributed by atoms with E-state index in [1.165, 1.54) is 0 Å². The SMILES string of the molecule is COc1cc(-c2nnc(Cc3c[nH]c4ccccc34)o2)cc(OC)c1OC. The molecule has 1 N–H and O–H groups in total. The predicted molar refractivity (Wildman–Crippen MR) is 100 cm³/mol. The minimum atomic E-state index is 0.393. The van der Waals surface area contributed by atoms with Gasteiger partial charge in [-0.15, -0.1) is 10.2 Å². The number of aromatic nitrogens is 3. The van der Waals surface area contributed by atoms with Crippen LogP contribution in [0.25, 0.3) is 22.4 Å². The average molecular weight is 365 g/mol. The van der Waals surface area contributed by atoms with Crippen molar-refractivity contribution in [3.63, 3.8) is 0 Å². The lowest BCUT2D eigenvalue weighted by Crippen LogP contribution is -1.95. The zero-order valence-corrected chi connectivity index (χ0v) is 15.3. The van der Waals surface area contributed by atoms with Crippen LogP contribution in [0.15, 0.2) is 47.0 Å². The Morgan fingerprint density at radius 1 is 0.963 bits per heavy atom. The molecule has 0 amide bonds. The number of nitrogens with one attached hydrogen (secondary N) is 1. The molecule has 7 heteroatoms. The van der Waals surface area contributed by atoms with E-state index in [0.29, 0.717) is 41.0 Å². The van der Waals surface area contributed by atoms with Crippen LogP contribution in [-0.2, 0) is 6.42 Å². The summed E-state index contributed by atoms with van der Waals surface area (Å²) in [5, 5.41) is 9.50. The Labute approximate surface area is 155 Å². The Balaban J connectivity index is 1.66. The van der Waals surface area contributed by atoms with E-state index in [9.17, 15) is 0 Å². The molecule has 2 heterocycles. The molecular weight excluding hydrogens is 346 g/mol. The van der Waals surface area contributed by atoms with E-state index in [-0.39, 0.29) is 0 Å². The highest BCUT2D eigenvalue weighted by atomic mass is 16.5. The van der Waals surface area contributed by atoms with Gasteiger partial charge < -0.3 is 23.6 Å². The molecule has 2 aromatic heterocycles. The zero-order chi connectivity index (χ0) is 18.8. The number of nitrogens with zero attached hydrogens (tertiary/aromatic N) is 2. The highest BCUT2D eigenvalue weighted by molar-refractivity contribution is 5.83. The summed E-state index contributed by atoms with van der Waals surface area (Å²) < 4.78 is 22.0. The van der Waals surface area contributed by atoms with Crippen molar-refractivity contribution < 1.29 is 18.6 Å². The van der Waals surface area contributed by atoms with E-state index in [1.807, 2.05) is 24.4 Å². The fourth-order valence-corrected chi connectivity index (χ4v) is 3.09. The number of benzene rings is 2. The molecule has 138 valence electrons. The van der Waals surface area contributed by atoms with Crippen molar-refractivity contribution in [3.05, 3.63) is 54.0 Å². The maximum absolute atomic E-state index is 5.88. The van der Waals surface area contributed by atoms with Crippen LogP contribution in [0.4, 0.5) is 0 Å². The topological polar surface area (TPSA) is 82.4 Å². The first-order valence-electron chi connectivity index (χ1n) is 8.41. The average Bonchev–Trinajstić information content (AvgIpc) is 3.34. The van der Waals surface area contributed by atoms with Gasteiger partial charge in [-0.05, 0) is 23.8 Å². The van der Waals surface area contributed by atoms with Gasteiger partial charge in [0.1, 0.15) is 0 Å². The fraction of sp³-hybridized carbons (Fsp3) is 0.200. The third kappa shape index (κ3) is 3.08. The van der Waals surface area contributed by atoms with Crippen molar-refractivity contribution in [3.8, 4) is 28.7 Å². The number of rotatable bonds is 6. The van der Waals surface area contributed by atoms with E-state index in [2.05, 4.69) is 21.2 Å². The van der Waals surface area contributed by atoms with E-state index >= 15 is 0 Å². The second-order valence-electron chi connectivity index (χ2n) is 5.95. The Kier molecular flexibility index (Phi) is 4.42. The first kappa shape index (κ1) is 17.0. The molecule has 0 aliphatic carbocycles. The maximum atomic E-state index is 5.88. The summed E-state index contributed by atoms with van der Waals surface area (Å²) in [6.07, 6.45) is 2.51. The van der Waals surface area contributed by atoms with Gasteiger partial charge in [0.15, 0.2) is 11.5 Å². The molecule has 0 saturated carbocycles. The van der Waals surface area contributed by atoms with Gasteiger partial charge in [0.25, 0.3) is 0 Å². The number of para-hydroxylation sites is 1. The molecular formula is C20H19N3O4. The van der Waals surface area contributed by atoms with Crippen molar-refractivity contribution in [2.75, 3.05) is 21.3 Å². The molecule has 27 heavy (non-hydrogen) atoms. The van der Waals surface area contributed by atoms with Crippen molar-refractivity contribution in [1.29, 1.82) is 0 Å². The van der Waals surface area contributed by atoms with Crippen LogP contribution in [0.1, 0.15) is 11.5 Å². The van der Waals surface area contributed by atoms with Crippen LogP contribution in [0, 0.1) is 0 Å². The second-order valence-corrected chi connectivity index (χ2v) is 5.95. The minimum absolute atomic E-state index is 0.393. The molecule has 0 spiro atoms. The van der Waals surface area contributed by atoms with Crippen LogP contribution in [0.2, 0.25) is 0 Å². The third-order valence-electron chi connectivity index (χ3n) is 4.40. The Morgan fingerprint density at radius 2 is 1.70 bits per heavy atom. The lowest BCUT2D eigenvalue weighted by molar-refractivity contribution is 0.324. The minimum Gasteiger partial charge on any atom is -0.493 e. The van der Waals surface area contributed by atoms with Crippen LogP contribution in [-0.4, -0.2) is 36.5 Å². The highest BCUT2D eigenvalue weighted by Gasteiger charge is 2.18. The van der Waals surface area contributed by atoms with Gasteiger partial charge in [-0.25, -0.2) is 0 Å². The van der Waals surface area contributed by atoms with E-state index in [0.717, 1.165) is 16.5 Å². The molecule has 2 aromatic carbocycles. The number of hydrogen-bond acceptors (Lipinski definition) is 6. The Hall–Kier alpha value is -3.48. The molecule has 0 unspecified atom stereocenters. The first-order valence-corrected chi connectivity index (χ1v) is 8.41. The fourth-order valence-electron chi connectivity index (χ4n) is 3.09. The Bertz CT molecular complexity index is 1060. The third-order valence-corrected chi connectivity index (χ3v) is 4.40. The van der Waals surface area contributed by atoms with E-state index in [1.54, 1.807) is 33.5 Å². The number of aromatic amines is 1. The maximum Gasteiger partial charge on any atom is 0.248 e. The second kappa shape index (κ2) is 7.03. The number of ether oxygens (including phenoxy) is 3. The molecule has 0 fully saturated rings. The van der Waals surface area contributed by atoms with E-state index in [4.69, 9.17) is 18.6 Å². The van der Waals surface area contributed by atoms with Gasteiger partial charge >= 0.3 is 0 Å². The van der Waals surface area contributed by atoms with Crippen molar-refractivity contribution in [2.24, 2.45) is 0 Å². The number of H-pyrrole nitrogens is 1. The van der Waals surface area contributed by atoms with Crippen LogP contribution in [0.5, 0.6) is 17.2 Å². The quantitative estimate of drug-likeness (QED) is 0.559. The number of hydrogen-bond donors (Lipinski definition) is 1. The van der Waals surface area contributed by atoms with Gasteiger partial charge in [-0.1, -0.05) is 18.2 Å². The van der Waals surface area contributed by atoms with E-state index < -0.39 is 0 Å². The van der Waals surface area contributed by atoms with Gasteiger partial charge in [0.05, 0.1) is 27.8 Å². The number of methoxy groups -OCH3 is 3. The first-order chi connectivity index (χ1) is 13.2. The molecule has 0 radical (unpaired) electrons. The lowest BCUT2D eigenvalue weighted by atomic mass is 10.1. The molecule has 0 atom stereocenters. The molecule has 4 aromatic rings. The zero-order valence-electron chi connectivity index (χ0n) is 15.3. The lowest BCUT2D eigenvalue weighted by Gasteiger charge is -2.12. The van der Waals surface area contributed by atoms with Crippen LogP contribution in [0.3, 0.4) is 0 Å². The van der Waals surface area contributed by atoms with Gasteiger partial charge in [-0.3, -0.25) is 0 Å². The standard InChI is InChI=1S/C20H19N3O4/c1-24-16-8-12(9-17(25-2)19(16)26-3)20-23-22-18(27-20)10-13-11-21-15-7-5-4-6-14(13)15/h4-9,11,21H,10H2,1-3H3. The summed E-state index contributed by atoms with van der Waals surface area (Å²) in [5.74, 6) is 2.50. The molecule has 7 nitrogen and oxygen atoms in total. The largest absolute Gasteiger partial charge is 0.493 e. The summed E-state index contributed by atoms with van der Waals surface area (Å²) >= 11 is 0.